The lowest BCUT2D eigenvalue weighted by atomic mass is 9.82. The molecule has 0 saturated heterocycles. The molecule has 2 bridgehead atoms. The lowest BCUT2D eigenvalue weighted by Gasteiger charge is -2.23. The van der Waals surface area contributed by atoms with Gasteiger partial charge in [0.05, 0.1) is 17.4 Å². The Morgan fingerprint density at radius 1 is 1.00 bits per heavy atom. The minimum absolute atomic E-state index is 0.0617. The van der Waals surface area contributed by atoms with Crippen LogP contribution in [0.25, 0.3) is 11.1 Å². The SMILES string of the molecule is O=C(NC1CC1)c1c(-c2ccccc2)csc1NC(=O)[C@H]1[C@@H](C(=O)O)[C@H]2C=C[C@H]1C2. The molecule has 0 aliphatic heterocycles. The monoisotopic (exact) mass is 422 g/mol. The molecule has 7 heteroatoms. The van der Waals surface area contributed by atoms with E-state index in [9.17, 15) is 19.5 Å². The van der Waals surface area contributed by atoms with Crippen molar-refractivity contribution in [2.75, 3.05) is 5.32 Å². The lowest BCUT2D eigenvalue weighted by molar-refractivity contribution is -0.146. The van der Waals surface area contributed by atoms with E-state index in [1.165, 1.54) is 11.3 Å². The van der Waals surface area contributed by atoms with Crippen LogP contribution in [-0.4, -0.2) is 28.9 Å². The van der Waals surface area contributed by atoms with Crippen molar-refractivity contribution < 1.29 is 19.5 Å². The highest BCUT2D eigenvalue weighted by Crippen LogP contribution is 2.49. The molecule has 5 rings (SSSR count). The molecule has 3 N–H and O–H groups in total. The van der Waals surface area contributed by atoms with Gasteiger partial charge >= 0.3 is 5.97 Å². The molecule has 1 aromatic heterocycles. The molecule has 4 atom stereocenters. The molecular weight excluding hydrogens is 400 g/mol. The molecule has 1 heterocycles. The Bertz CT molecular complexity index is 1040. The van der Waals surface area contributed by atoms with E-state index in [-0.39, 0.29) is 29.7 Å². The van der Waals surface area contributed by atoms with Crippen molar-refractivity contribution in [3.8, 4) is 11.1 Å². The Morgan fingerprint density at radius 3 is 2.37 bits per heavy atom. The van der Waals surface area contributed by atoms with E-state index in [1.54, 1.807) is 0 Å². The van der Waals surface area contributed by atoms with Gasteiger partial charge in [-0.2, -0.15) is 0 Å². The van der Waals surface area contributed by atoms with E-state index in [0.29, 0.717) is 17.0 Å². The summed E-state index contributed by atoms with van der Waals surface area (Å²) in [7, 11) is 0. The van der Waals surface area contributed by atoms with Gasteiger partial charge in [0.2, 0.25) is 5.91 Å². The van der Waals surface area contributed by atoms with Gasteiger partial charge in [-0.15, -0.1) is 11.3 Å². The summed E-state index contributed by atoms with van der Waals surface area (Å²) in [5.74, 6) is -2.93. The van der Waals surface area contributed by atoms with Crippen LogP contribution < -0.4 is 10.6 Å². The first-order valence-corrected chi connectivity index (χ1v) is 11.1. The fourth-order valence-electron chi connectivity index (χ4n) is 4.70. The minimum Gasteiger partial charge on any atom is -0.481 e. The topological polar surface area (TPSA) is 95.5 Å². The number of aliphatic carboxylic acids is 1. The number of anilines is 1. The molecule has 6 nitrogen and oxygen atoms in total. The second-order valence-corrected chi connectivity index (χ2v) is 9.17. The van der Waals surface area contributed by atoms with Crippen LogP contribution in [0, 0.1) is 23.7 Å². The van der Waals surface area contributed by atoms with Gasteiger partial charge < -0.3 is 15.7 Å². The zero-order chi connectivity index (χ0) is 20.8. The Balaban J connectivity index is 1.46. The molecule has 2 aromatic rings. The standard InChI is InChI=1S/C23H22N2O4S/c26-20(17-13-6-7-14(10-13)18(17)23(28)29)25-22-19(21(27)24-15-8-9-15)16(11-30-22)12-4-2-1-3-5-12/h1-7,11,13-15,17-18H,8-10H2,(H,24,27)(H,25,26)(H,28,29)/t13-,14-,17+,18-/m0/s1. The molecule has 2 fully saturated rings. The predicted molar refractivity (Wildman–Crippen MR) is 114 cm³/mol. The molecule has 2 saturated carbocycles. The first-order valence-electron chi connectivity index (χ1n) is 10.2. The molecule has 3 aliphatic rings. The van der Waals surface area contributed by atoms with Gasteiger partial charge in [-0.25, -0.2) is 0 Å². The van der Waals surface area contributed by atoms with Crippen molar-refractivity contribution in [2.24, 2.45) is 23.7 Å². The normalized spacial score (nSPS) is 26.5. The van der Waals surface area contributed by atoms with E-state index in [0.717, 1.165) is 24.0 Å². The molecule has 0 radical (unpaired) electrons. The Hall–Kier alpha value is -2.93. The smallest absolute Gasteiger partial charge is 0.307 e. The number of carbonyl (C=O) groups is 3. The number of carboxylic acid groups (broad SMARTS) is 1. The number of hydrogen-bond acceptors (Lipinski definition) is 4. The highest BCUT2D eigenvalue weighted by atomic mass is 32.1. The van der Waals surface area contributed by atoms with Crippen LogP contribution in [0.15, 0.2) is 47.9 Å². The molecular formula is C23H22N2O4S. The molecule has 154 valence electrons. The van der Waals surface area contributed by atoms with Crippen LogP contribution in [0.5, 0.6) is 0 Å². The maximum Gasteiger partial charge on any atom is 0.307 e. The summed E-state index contributed by atoms with van der Waals surface area (Å²) < 4.78 is 0. The summed E-state index contributed by atoms with van der Waals surface area (Å²) in [5, 5.41) is 17.9. The zero-order valence-corrected chi connectivity index (χ0v) is 17.0. The molecule has 2 amide bonds. The molecule has 1 aromatic carbocycles. The van der Waals surface area contributed by atoms with Crippen LogP contribution in [0.1, 0.15) is 29.6 Å². The fraction of sp³-hybridized carbons (Fsp3) is 0.348. The van der Waals surface area contributed by atoms with E-state index < -0.39 is 17.8 Å². The summed E-state index contributed by atoms with van der Waals surface area (Å²) >= 11 is 1.31. The average Bonchev–Trinajstić information content (AvgIpc) is 3.15. The number of benzene rings is 1. The highest BCUT2D eigenvalue weighted by Gasteiger charge is 2.51. The van der Waals surface area contributed by atoms with Crippen LogP contribution in [0.2, 0.25) is 0 Å². The average molecular weight is 423 g/mol. The quantitative estimate of drug-likeness (QED) is 0.618. The summed E-state index contributed by atoms with van der Waals surface area (Å²) in [6.07, 6.45) is 6.51. The van der Waals surface area contributed by atoms with E-state index in [1.807, 2.05) is 47.9 Å². The van der Waals surface area contributed by atoms with E-state index in [2.05, 4.69) is 10.6 Å². The van der Waals surface area contributed by atoms with Crippen LogP contribution in [0.3, 0.4) is 0 Å². The van der Waals surface area contributed by atoms with Gasteiger partial charge in [0.1, 0.15) is 5.00 Å². The summed E-state index contributed by atoms with van der Waals surface area (Å²) in [6, 6.07) is 9.79. The Kier molecular flexibility index (Phi) is 4.70. The number of carbonyl (C=O) groups excluding carboxylic acids is 2. The van der Waals surface area contributed by atoms with Gasteiger partial charge in [0.15, 0.2) is 0 Å². The molecule has 0 unspecified atom stereocenters. The second-order valence-electron chi connectivity index (χ2n) is 8.29. The number of rotatable bonds is 6. The van der Waals surface area contributed by atoms with Crippen molar-refractivity contribution in [2.45, 2.75) is 25.3 Å². The third-order valence-electron chi connectivity index (χ3n) is 6.30. The number of carboxylic acids is 1. The zero-order valence-electron chi connectivity index (χ0n) is 16.2. The van der Waals surface area contributed by atoms with Gasteiger partial charge in [-0.3, -0.25) is 14.4 Å². The van der Waals surface area contributed by atoms with Gasteiger partial charge in [0.25, 0.3) is 5.91 Å². The summed E-state index contributed by atoms with van der Waals surface area (Å²) in [4.78, 5) is 37.9. The summed E-state index contributed by atoms with van der Waals surface area (Å²) in [5.41, 5.74) is 2.13. The van der Waals surface area contributed by atoms with E-state index >= 15 is 0 Å². The van der Waals surface area contributed by atoms with Crippen molar-refractivity contribution in [1.82, 2.24) is 5.32 Å². The number of nitrogens with one attached hydrogen (secondary N) is 2. The lowest BCUT2D eigenvalue weighted by Crippen LogP contribution is -2.36. The molecule has 0 spiro atoms. The minimum atomic E-state index is -0.935. The molecule has 30 heavy (non-hydrogen) atoms. The van der Waals surface area contributed by atoms with Crippen molar-refractivity contribution in [1.29, 1.82) is 0 Å². The van der Waals surface area contributed by atoms with Crippen molar-refractivity contribution in [3.63, 3.8) is 0 Å². The third-order valence-corrected chi connectivity index (χ3v) is 7.19. The highest BCUT2D eigenvalue weighted by molar-refractivity contribution is 7.15. The number of thiophene rings is 1. The van der Waals surface area contributed by atoms with Gasteiger partial charge in [0, 0.05) is 17.0 Å². The number of allylic oxidation sites excluding steroid dienone is 2. The largest absolute Gasteiger partial charge is 0.481 e. The first kappa shape index (κ1) is 19.1. The second kappa shape index (κ2) is 7.40. The van der Waals surface area contributed by atoms with Gasteiger partial charge in [-0.1, -0.05) is 42.5 Å². The summed E-state index contributed by atoms with van der Waals surface area (Å²) in [6.45, 7) is 0. The van der Waals surface area contributed by atoms with Crippen molar-refractivity contribution in [3.05, 3.63) is 53.4 Å². The van der Waals surface area contributed by atoms with Crippen LogP contribution in [0.4, 0.5) is 5.00 Å². The number of amides is 2. The van der Waals surface area contributed by atoms with Crippen molar-refractivity contribution >= 4 is 34.1 Å². The maximum atomic E-state index is 13.1. The van der Waals surface area contributed by atoms with E-state index in [4.69, 9.17) is 0 Å². The number of fused-ring (bicyclic) bond motifs is 2. The Labute approximate surface area is 178 Å². The fourth-order valence-corrected chi connectivity index (χ4v) is 5.67. The van der Waals surface area contributed by atoms with Gasteiger partial charge in [-0.05, 0) is 36.7 Å². The number of hydrogen-bond donors (Lipinski definition) is 3. The van der Waals surface area contributed by atoms with Crippen LogP contribution >= 0.6 is 11.3 Å². The Morgan fingerprint density at radius 2 is 1.70 bits per heavy atom. The predicted octanol–water partition coefficient (Wildman–Crippen LogP) is 3.77. The first-order chi connectivity index (χ1) is 14.5. The van der Waals surface area contributed by atoms with Crippen LogP contribution in [-0.2, 0) is 9.59 Å². The third kappa shape index (κ3) is 3.33. The maximum absolute atomic E-state index is 13.1. The molecule has 3 aliphatic carbocycles.